The Kier molecular flexibility index (Phi) is 4.13. The summed E-state index contributed by atoms with van der Waals surface area (Å²) in [6, 6.07) is 9.31. The summed E-state index contributed by atoms with van der Waals surface area (Å²) in [4.78, 5) is -0.0405. The van der Waals surface area contributed by atoms with E-state index in [1.807, 2.05) is 0 Å². The molecule has 4 nitrogen and oxygen atoms in total. The number of para-hydroxylation sites is 1. The molecule has 0 aliphatic carbocycles. The van der Waals surface area contributed by atoms with Crippen molar-refractivity contribution in [3.05, 3.63) is 52.0 Å². The van der Waals surface area contributed by atoms with E-state index >= 15 is 0 Å². The normalized spacial score (nSPS) is 11.3. The quantitative estimate of drug-likeness (QED) is 0.843. The molecule has 0 saturated heterocycles. The zero-order valence-corrected chi connectivity index (χ0v) is 12.9. The number of aryl methyl sites for hydroxylation is 1. The Bertz CT molecular complexity index is 741. The molecule has 2 aromatic carbocycles. The van der Waals surface area contributed by atoms with Gasteiger partial charge < -0.3 is 5.73 Å². The molecule has 0 saturated carbocycles. The van der Waals surface area contributed by atoms with E-state index < -0.39 is 10.0 Å². The highest BCUT2D eigenvalue weighted by Gasteiger charge is 2.19. The van der Waals surface area contributed by atoms with Crippen LogP contribution in [0, 0.1) is 6.92 Å². The van der Waals surface area contributed by atoms with Gasteiger partial charge in [0.25, 0.3) is 10.0 Å². The number of halogens is 2. The zero-order chi connectivity index (χ0) is 14.9. The van der Waals surface area contributed by atoms with Crippen molar-refractivity contribution in [3.8, 4) is 0 Å². The number of sulfonamides is 1. The molecule has 0 aliphatic rings. The summed E-state index contributed by atoms with van der Waals surface area (Å²) in [7, 11) is -3.82. The summed E-state index contributed by atoms with van der Waals surface area (Å²) in [5.41, 5.74) is 6.83. The SMILES string of the molecule is Cc1cccc(Cl)c1NS(=O)(=O)c1ccc(Cl)cc1N. The van der Waals surface area contributed by atoms with Crippen LogP contribution in [0.25, 0.3) is 0 Å². The molecule has 0 heterocycles. The summed E-state index contributed by atoms with van der Waals surface area (Å²) in [6.45, 7) is 1.76. The molecule has 0 spiro atoms. The van der Waals surface area contributed by atoms with Gasteiger partial charge in [-0.25, -0.2) is 8.42 Å². The molecular formula is C13H12Cl2N2O2S. The lowest BCUT2D eigenvalue weighted by atomic mass is 10.2. The molecule has 106 valence electrons. The minimum atomic E-state index is -3.82. The van der Waals surface area contributed by atoms with Crippen LogP contribution in [0.1, 0.15) is 5.56 Å². The van der Waals surface area contributed by atoms with Gasteiger partial charge in [-0.1, -0.05) is 35.3 Å². The molecule has 7 heteroatoms. The zero-order valence-electron chi connectivity index (χ0n) is 10.5. The number of nitrogens with one attached hydrogen (secondary N) is 1. The number of nitrogens with two attached hydrogens (primary N) is 1. The minimum absolute atomic E-state index is 0.0405. The number of nitrogen functional groups attached to an aromatic ring is 1. The van der Waals surface area contributed by atoms with Gasteiger partial charge in [-0.05, 0) is 36.8 Å². The molecule has 0 aliphatic heterocycles. The molecule has 0 atom stereocenters. The molecule has 0 unspecified atom stereocenters. The summed E-state index contributed by atoms with van der Waals surface area (Å²) >= 11 is 11.8. The lowest BCUT2D eigenvalue weighted by Gasteiger charge is -2.13. The third-order valence-electron chi connectivity index (χ3n) is 2.72. The highest BCUT2D eigenvalue weighted by Crippen LogP contribution is 2.30. The van der Waals surface area contributed by atoms with Crippen molar-refractivity contribution in [3.63, 3.8) is 0 Å². The predicted octanol–water partition coefficient (Wildman–Crippen LogP) is 3.68. The standard InChI is InChI=1S/C13H12Cl2N2O2S/c1-8-3-2-4-10(15)13(8)17-20(18,19)12-6-5-9(14)7-11(12)16/h2-7,17H,16H2,1H3. The van der Waals surface area contributed by atoms with Gasteiger partial charge in [-0.3, -0.25) is 4.72 Å². The fraction of sp³-hybridized carbons (Fsp3) is 0.0769. The third kappa shape index (κ3) is 3.00. The van der Waals surface area contributed by atoms with Gasteiger partial charge in [-0.15, -0.1) is 0 Å². The molecule has 2 aromatic rings. The van der Waals surface area contributed by atoms with Crippen molar-refractivity contribution < 1.29 is 8.42 Å². The Morgan fingerprint density at radius 2 is 1.85 bits per heavy atom. The summed E-state index contributed by atoms with van der Waals surface area (Å²) in [5, 5.41) is 0.691. The topological polar surface area (TPSA) is 72.2 Å². The Morgan fingerprint density at radius 3 is 2.45 bits per heavy atom. The van der Waals surface area contributed by atoms with Crippen LogP contribution in [-0.2, 0) is 10.0 Å². The number of rotatable bonds is 3. The first-order valence-corrected chi connectivity index (χ1v) is 7.88. The van der Waals surface area contributed by atoms with Crippen molar-refractivity contribution in [2.75, 3.05) is 10.5 Å². The van der Waals surface area contributed by atoms with Crippen LogP contribution in [0.3, 0.4) is 0 Å². The van der Waals surface area contributed by atoms with E-state index in [2.05, 4.69) is 4.72 Å². The first-order chi connectivity index (χ1) is 9.31. The molecule has 2 rings (SSSR count). The van der Waals surface area contributed by atoms with E-state index in [0.29, 0.717) is 21.3 Å². The van der Waals surface area contributed by atoms with Crippen LogP contribution < -0.4 is 10.5 Å². The van der Waals surface area contributed by atoms with Crippen molar-refractivity contribution in [1.29, 1.82) is 0 Å². The largest absolute Gasteiger partial charge is 0.398 e. The van der Waals surface area contributed by atoms with Crippen LogP contribution in [0.4, 0.5) is 11.4 Å². The second-order valence-electron chi connectivity index (χ2n) is 4.22. The van der Waals surface area contributed by atoms with Gasteiger partial charge in [-0.2, -0.15) is 0 Å². The van der Waals surface area contributed by atoms with Crippen LogP contribution in [0.5, 0.6) is 0 Å². The number of benzene rings is 2. The molecule has 0 fully saturated rings. The molecule has 0 aromatic heterocycles. The Morgan fingerprint density at radius 1 is 1.15 bits per heavy atom. The maximum atomic E-state index is 12.3. The van der Waals surface area contributed by atoms with Gasteiger partial charge in [0, 0.05) is 5.02 Å². The molecule has 20 heavy (non-hydrogen) atoms. The van der Waals surface area contributed by atoms with E-state index in [4.69, 9.17) is 28.9 Å². The average molecular weight is 331 g/mol. The molecule has 0 amide bonds. The number of hydrogen-bond acceptors (Lipinski definition) is 3. The van der Waals surface area contributed by atoms with Gasteiger partial charge in [0.05, 0.1) is 16.4 Å². The van der Waals surface area contributed by atoms with Gasteiger partial charge in [0.15, 0.2) is 0 Å². The lowest BCUT2D eigenvalue weighted by Crippen LogP contribution is -2.15. The first-order valence-electron chi connectivity index (χ1n) is 5.64. The third-order valence-corrected chi connectivity index (χ3v) is 4.69. The second kappa shape index (κ2) is 5.52. The van der Waals surface area contributed by atoms with E-state index in [9.17, 15) is 8.42 Å². The predicted molar refractivity (Wildman–Crippen MR) is 82.9 cm³/mol. The Hall–Kier alpha value is -1.43. The molecule has 3 N–H and O–H groups in total. The number of hydrogen-bond donors (Lipinski definition) is 2. The van der Waals surface area contributed by atoms with E-state index in [0.717, 1.165) is 0 Å². The van der Waals surface area contributed by atoms with Crippen LogP contribution in [0.2, 0.25) is 10.0 Å². The molecule has 0 bridgehead atoms. The fourth-order valence-electron chi connectivity index (χ4n) is 1.71. The smallest absolute Gasteiger partial charge is 0.264 e. The monoisotopic (exact) mass is 330 g/mol. The van der Waals surface area contributed by atoms with Crippen LogP contribution >= 0.6 is 23.2 Å². The van der Waals surface area contributed by atoms with Crippen molar-refractivity contribution in [2.24, 2.45) is 0 Å². The van der Waals surface area contributed by atoms with Gasteiger partial charge in [0.2, 0.25) is 0 Å². The van der Waals surface area contributed by atoms with E-state index in [1.165, 1.54) is 18.2 Å². The Labute approximate surface area is 127 Å². The van der Waals surface area contributed by atoms with Crippen molar-refractivity contribution in [2.45, 2.75) is 11.8 Å². The van der Waals surface area contributed by atoms with E-state index in [1.54, 1.807) is 25.1 Å². The van der Waals surface area contributed by atoms with Crippen LogP contribution in [-0.4, -0.2) is 8.42 Å². The summed E-state index contributed by atoms with van der Waals surface area (Å²) in [5.74, 6) is 0. The highest BCUT2D eigenvalue weighted by atomic mass is 35.5. The Balaban J connectivity index is 2.46. The first kappa shape index (κ1) is 15.0. The molecule has 0 radical (unpaired) electrons. The van der Waals surface area contributed by atoms with Gasteiger partial charge >= 0.3 is 0 Å². The van der Waals surface area contributed by atoms with Crippen molar-refractivity contribution >= 4 is 44.6 Å². The lowest BCUT2D eigenvalue weighted by molar-refractivity contribution is 0.601. The van der Waals surface area contributed by atoms with Crippen LogP contribution in [0.15, 0.2) is 41.3 Å². The molecular weight excluding hydrogens is 319 g/mol. The summed E-state index contributed by atoms with van der Waals surface area (Å²) in [6.07, 6.45) is 0. The maximum Gasteiger partial charge on any atom is 0.264 e. The second-order valence-corrected chi connectivity index (χ2v) is 6.71. The summed E-state index contributed by atoms with van der Waals surface area (Å²) < 4.78 is 27.1. The highest BCUT2D eigenvalue weighted by molar-refractivity contribution is 7.93. The average Bonchev–Trinajstić information content (AvgIpc) is 2.33. The van der Waals surface area contributed by atoms with Gasteiger partial charge in [0.1, 0.15) is 4.90 Å². The minimum Gasteiger partial charge on any atom is -0.398 e. The maximum absolute atomic E-state index is 12.3. The number of anilines is 2. The fourth-order valence-corrected chi connectivity index (χ4v) is 3.49. The van der Waals surface area contributed by atoms with Crippen molar-refractivity contribution in [1.82, 2.24) is 0 Å². The van der Waals surface area contributed by atoms with E-state index in [-0.39, 0.29) is 10.6 Å².